The summed E-state index contributed by atoms with van der Waals surface area (Å²) in [4.78, 5) is 25.2. The molecule has 3 aromatic rings. The van der Waals surface area contributed by atoms with Crippen LogP contribution >= 0.6 is 33.9 Å². The van der Waals surface area contributed by atoms with Crippen LogP contribution in [0.4, 0.5) is 11.4 Å². The molecule has 0 aliphatic heterocycles. The number of thiophene rings is 1. The molecule has 25 heavy (non-hydrogen) atoms. The van der Waals surface area contributed by atoms with Gasteiger partial charge in [0.1, 0.15) is 0 Å². The van der Waals surface area contributed by atoms with Gasteiger partial charge in [-0.15, -0.1) is 11.3 Å². The van der Waals surface area contributed by atoms with Gasteiger partial charge < -0.3 is 10.6 Å². The standard InChI is InChI=1S/C19H15IN2O2S/c1-12-7-8-15(11-16(12)20)21-18(23)13-4-2-5-14(10-13)22-19(24)17-6-3-9-25-17/h2-11H,1H3,(H,21,23)(H,22,24). The summed E-state index contributed by atoms with van der Waals surface area (Å²) in [5.41, 5.74) is 2.98. The molecule has 4 nitrogen and oxygen atoms in total. The van der Waals surface area contributed by atoms with Gasteiger partial charge in [-0.1, -0.05) is 18.2 Å². The summed E-state index contributed by atoms with van der Waals surface area (Å²) in [6, 6.07) is 16.2. The summed E-state index contributed by atoms with van der Waals surface area (Å²) in [7, 11) is 0. The maximum atomic E-state index is 12.5. The van der Waals surface area contributed by atoms with Crippen molar-refractivity contribution >= 4 is 57.1 Å². The van der Waals surface area contributed by atoms with E-state index in [1.807, 2.05) is 36.6 Å². The van der Waals surface area contributed by atoms with Crippen molar-refractivity contribution in [1.29, 1.82) is 0 Å². The predicted molar refractivity (Wildman–Crippen MR) is 111 cm³/mol. The molecule has 0 saturated carbocycles. The van der Waals surface area contributed by atoms with Crippen molar-refractivity contribution in [1.82, 2.24) is 0 Å². The van der Waals surface area contributed by atoms with Gasteiger partial charge in [-0.3, -0.25) is 9.59 Å². The van der Waals surface area contributed by atoms with Crippen molar-refractivity contribution in [2.45, 2.75) is 6.92 Å². The van der Waals surface area contributed by atoms with Crippen LogP contribution in [0.5, 0.6) is 0 Å². The number of benzene rings is 2. The minimum absolute atomic E-state index is 0.180. The Morgan fingerprint density at radius 3 is 2.40 bits per heavy atom. The van der Waals surface area contributed by atoms with Crippen LogP contribution in [0, 0.1) is 10.5 Å². The molecule has 6 heteroatoms. The van der Waals surface area contributed by atoms with Gasteiger partial charge in [0.15, 0.2) is 0 Å². The van der Waals surface area contributed by atoms with E-state index >= 15 is 0 Å². The van der Waals surface area contributed by atoms with Gasteiger partial charge in [0.25, 0.3) is 11.8 Å². The highest BCUT2D eigenvalue weighted by molar-refractivity contribution is 14.1. The molecule has 0 unspecified atom stereocenters. The monoisotopic (exact) mass is 462 g/mol. The van der Waals surface area contributed by atoms with E-state index in [0.717, 1.165) is 14.8 Å². The number of amides is 2. The first kappa shape index (κ1) is 17.6. The molecule has 3 rings (SSSR count). The third-order valence-electron chi connectivity index (χ3n) is 3.56. The Hall–Kier alpha value is -2.19. The molecule has 0 spiro atoms. The summed E-state index contributed by atoms with van der Waals surface area (Å²) >= 11 is 3.61. The normalized spacial score (nSPS) is 10.3. The Balaban J connectivity index is 1.73. The van der Waals surface area contributed by atoms with Gasteiger partial charge in [-0.25, -0.2) is 0 Å². The number of carbonyl (C=O) groups excluding carboxylic acids is 2. The van der Waals surface area contributed by atoms with Crippen LogP contribution in [-0.2, 0) is 0 Å². The lowest BCUT2D eigenvalue weighted by Gasteiger charge is -2.09. The molecular weight excluding hydrogens is 447 g/mol. The van der Waals surface area contributed by atoms with E-state index in [4.69, 9.17) is 0 Å². The molecule has 2 N–H and O–H groups in total. The van der Waals surface area contributed by atoms with Crippen LogP contribution in [0.25, 0.3) is 0 Å². The molecule has 0 aliphatic rings. The third kappa shape index (κ3) is 4.46. The fraction of sp³-hybridized carbons (Fsp3) is 0.0526. The summed E-state index contributed by atoms with van der Waals surface area (Å²) in [6.07, 6.45) is 0. The zero-order valence-corrected chi connectivity index (χ0v) is 16.4. The van der Waals surface area contributed by atoms with Crippen LogP contribution < -0.4 is 10.6 Å². The first-order valence-electron chi connectivity index (χ1n) is 7.55. The van der Waals surface area contributed by atoms with Crippen LogP contribution in [0.3, 0.4) is 0 Å². The zero-order chi connectivity index (χ0) is 17.8. The molecule has 2 amide bonds. The Morgan fingerprint density at radius 2 is 1.68 bits per heavy atom. The second-order valence-corrected chi connectivity index (χ2v) is 7.54. The third-order valence-corrected chi connectivity index (χ3v) is 5.59. The SMILES string of the molecule is Cc1ccc(NC(=O)c2cccc(NC(=O)c3cccs3)c2)cc1I. The van der Waals surface area contributed by atoms with Crippen molar-refractivity contribution in [3.05, 3.63) is 79.6 Å². The average molecular weight is 462 g/mol. The van der Waals surface area contributed by atoms with Crippen LogP contribution in [0.15, 0.2) is 60.0 Å². The summed E-state index contributed by atoms with van der Waals surface area (Å²) < 4.78 is 1.09. The van der Waals surface area contributed by atoms with Crippen LogP contribution in [0.2, 0.25) is 0 Å². The first-order chi connectivity index (χ1) is 12.0. The topological polar surface area (TPSA) is 58.2 Å². The number of rotatable bonds is 4. The highest BCUT2D eigenvalue weighted by atomic mass is 127. The second-order valence-electron chi connectivity index (χ2n) is 5.43. The highest BCUT2D eigenvalue weighted by Crippen LogP contribution is 2.19. The van der Waals surface area contributed by atoms with Crippen molar-refractivity contribution in [3.63, 3.8) is 0 Å². The number of nitrogens with one attached hydrogen (secondary N) is 2. The van der Waals surface area contributed by atoms with Crippen molar-refractivity contribution < 1.29 is 9.59 Å². The average Bonchev–Trinajstić information content (AvgIpc) is 3.13. The predicted octanol–water partition coefficient (Wildman–Crippen LogP) is 5.17. The van der Waals surface area contributed by atoms with Crippen molar-refractivity contribution in [2.24, 2.45) is 0 Å². The van der Waals surface area contributed by atoms with Gasteiger partial charge >= 0.3 is 0 Å². The molecule has 1 aromatic heterocycles. The smallest absolute Gasteiger partial charge is 0.265 e. The van der Waals surface area contributed by atoms with E-state index in [1.54, 1.807) is 30.3 Å². The van der Waals surface area contributed by atoms with Gasteiger partial charge in [0.05, 0.1) is 4.88 Å². The molecule has 0 bridgehead atoms. The molecular formula is C19H15IN2O2S. The molecule has 0 atom stereocenters. The number of hydrogen-bond donors (Lipinski definition) is 2. The van der Waals surface area contributed by atoms with Gasteiger partial charge in [-0.05, 0) is 76.9 Å². The Morgan fingerprint density at radius 1 is 0.920 bits per heavy atom. The summed E-state index contributed by atoms with van der Waals surface area (Å²) in [5, 5.41) is 7.54. The lowest BCUT2D eigenvalue weighted by molar-refractivity contribution is 0.101. The lowest BCUT2D eigenvalue weighted by Crippen LogP contribution is -2.14. The van der Waals surface area contributed by atoms with Gasteiger partial charge in [-0.2, -0.15) is 0 Å². The van der Waals surface area contributed by atoms with E-state index in [0.29, 0.717) is 16.1 Å². The molecule has 1 heterocycles. The van der Waals surface area contributed by atoms with E-state index in [2.05, 4.69) is 33.2 Å². The Kier molecular flexibility index (Phi) is 5.50. The minimum atomic E-state index is -0.216. The van der Waals surface area contributed by atoms with Crippen molar-refractivity contribution in [3.8, 4) is 0 Å². The largest absolute Gasteiger partial charge is 0.322 e. The zero-order valence-electron chi connectivity index (χ0n) is 13.4. The van der Waals surface area contributed by atoms with Crippen LogP contribution in [0.1, 0.15) is 25.6 Å². The summed E-state index contributed by atoms with van der Waals surface area (Å²) in [6.45, 7) is 2.02. The van der Waals surface area contributed by atoms with Crippen LogP contribution in [-0.4, -0.2) is 11.8 Å². The molecule has 0 saturated heterocycles. The minimum Gasteiger partial charge on any atom is -0.322 e. The van der Waals surface area contributed by atoms with Gasteiger partial charge in [0.2, 0.25) is 0 Å². The Labute approximate surface area is 163 Å². The Bertz CT molecular complexity index is 923. The van der Waals surface area contributed by atoms with Gasteiger partial charge in [0, 0.05) is 20.5 Å². The van der Waals surface area contributed by atoms with E-state index in [-0.39, 0.29) is 11.8 Å². The summed E-state index contributed by atoms with van der Waals surface area (Å²) in [5.74, 6) is -0.396. The number of hydrogen-bond acceptors (Lipinski definition) is 3. The second kappa shape index (κ2) is 7.79. The number of aryl methyl sites for hydroxylation is 1. The number of anilines is 2. The lowest BCUT2D eigenvalue weighted by atomic mass is 10.1. The molecule has 0 fully saturated rings. The van der Waals surface area contributed by atoms with Crippen molar-refractivity contribution in [2.75, 3.05) is 10.6 Å². The first-order valence-corrected chi connectivity index (χ1v) is 9.51. The maximum absolute atomic E-state index is 12.5. The molecule has 126 valence electrons. The highest BCUT2D eigenvalue weighted by Gasteiger charge is 2.10. The van der Waals surface area contributed by atoms with E-state index < -0.39 is 0 Å². The van der Waals surface area contributed by atoms with E-state index in [9.17, 15) is 9.59 Å². The van der Waals surface area contributed by atoms with E-state index in [1.165, 1.54) is 11.3 Å². The quantitative estimate of drug-likeness (QED) is 0.526. The fourth-order valence-corrected chi connectivity index (χ4v) is 3.35. The molecule has 0 radical (unpaired) electrons. The molecule has 0 aliphatic carbocycles. The fourth-order valence-electron chi connectivity index (χ4n) is 2.21. The maximum Gasteiger partial charge on any atom is 0.265 e. The molecule has 2 aromatic carbocycles. The number of halogens is 1. The number of carbonyl (C=O) groups is 2.